The second kappa shape index (κ2) is 12.5. The van der Waals surface area contributed by atoms with Gasteiger partial charge in [0.15, 0.2) is 16.3 Å². The Kier molecular flexibility index (Phi) is 9.14. The number of rotatable bonds is 10. The van der Waals surface area contributed by atoms with Crippen LogP contribution in [0.1, 0.15) is 70.4 Å². The molecule has 4 rings (SSSR count). The number of nitrogens with zero attached hydrogens (tertiary/aromatic N) is 3. The summed E-state index contributed by atoms with van der Waals surface area (Å²) in [6.07, 6.45) is 1.11. The molecule has 0 radical (unpaired) electrons. The predicted molar refractivity (Wildman–Crippen MR) is 161 cm³/mol. The van der Waals surface area contributed by atoms with Crippen molar-refractivity contribution in [1.29, 1.82) is 0 Å². The van der Waals surface area contributed by atoms with Crippen molar-refractivity contribution in [2.45, 2.75) is 64.5 Å². The zero-order valence-electron chi connectivity index (χ0n) is 25.2. The van der Waals surface area contributed by atoms with Crippen molar-refractivity contribution in [2.75, 3.05) is 6.61 Å². The number of benzene rings is 2. The molecule has 0 fully saturated rings. The van der Waals surface area contributed by atoms with Gasteiger partial charge in [0.1, 0.15) is 11.6 Å². The smallest absolute Gasteiger partial charge is 0.408 e. The van der Waals surface area contributed by atoms with Gasteiger partial charge in [0, 0.05) is 23.2 Å². The van der Waals surface area contributed by atoms with E-state index in [1.165, 1.54) is 24.4 Å². The fourth-order valence-corrected chi connectivity index (χ4v) is 6.10. The Labute approximate surface area is 254 Å². The summed E-state index contributed by atoms with van der Waals surface area (Å²) in [5.41, 5.74) is -1.25. The normalized spacial score (nSPS) is 13.3. The maximum Gasteiger partial charge on any atom is 0.408 e. The Morgan fingerprint density at radius 2 is 1.77 bits per heavy atom. The molecule has 234 valence electrons. The van der Waals surface area contributed by atoms with Crippen LogP contribution in [0.25, 0.3) is 22.2 Å². The third kappa shape index (κ3) is 6.44. The van der Waals surface area contributed by atoms with Crippen molar-refractivity contribution in [3.05, 3.63) is 76.4 Å². The fraction of sp³-hybridized carbons (Fsp3) is 0.367. The SMILES string of the molecule is CCOC(=O)c1nc([C@@H](NC(=O)OC(C)(C)C)[C@@H](C)CC)oc1-c1cn(S(=O)(=O)c2ccccc2[N+](=O)[O-])c2ccccc12. The number of carbonyl (C=O) groups excluding carboxylic acids is 2. The molecule has 0 aliphatic carbocycles. The summed E-state index contributed by atoms with van der Waals surface area (Å²) in [4.78, 5) is 40.7. The number of aromatic nitrogens is 2. The lowest BCUT2D eigenvalue weighted by Crippen LogP contribution is -2.37. The highest BCUT2D eigenvalue weighted by Crippen LogP contribution is 2.38. The minimum atomic E-state index is -4.51. The van der Waals surface area contributed by atoms with Gasteiger partial charge in [0.25, 0.3) is 15.7 Å². The highest BCUT2D eigenvalue weighted by atomic mass is 32.2. The Hall–Kier alpha value is -4.72. The number of amides is 1. The van der Waals surface area contributed by atoms with E-state index in [2.05, 4.69) is 10.3 Å². The van der Waals surface area contributed by atoms with E-state index in [0.29, 0.717) is 11.8 Å². The molecule has 44 heavy (non-hydrogen) atoms. The van der Waals surface area contributed by atoms with E-state index in [1.807, 2.05) is 13.8 Å². The number of carbonyl (C=O) groups is 2. The Balaban J connectivity index is 1.94. The van der Waals surface area contributed by atoms with E-state index in [9.17, 15) is 28.1 Å². The fourth-order valence-electron chi connectivity index (χ4n) is 4.57. The molecular formula is C30H34N4O9S. The number of fused-ring (bicyclic) bond motifs is 1. The van der Waals surface area contributed by atoms with Crippen LogP contribution in [0.2, 0.25) is 0 Å². The second-order valence-electron chi connectivity index (χ2n) is 11.0. The Morgan fingerprint density at radius 1 is 1.11 bits per heavy atom. The minimum absolute atomic E-state index is 0.0124. The van der Waals surface area contributed by atoms with Crippen LogP contribution in [0.3, 0.4) is 0 Å². The summed E-state index contributed by atoms with van der Waals surface area (Å²) in [6, 6.07) is 10.6. The average Bonchev–Trinajstić information content (AvgIpc) is 3.57. The first-order chi connectivity index (χ1) is 20.7. The van der Waals surface area contributed by atoms with Crippen molar-refractivity contribution in [1.82, 2.24) is 14.3 Å². The number of alkyl carbamates (subject to hydrolysis) is 1. The van der Waals surface area contributed by atoms with Crippen molar-refractivity contribution >= 4 is 38.7 Å². The number of nitro groups is 1. The molecule has 0 unspecified atom stereocenters. The monoisotopic (exact) mass is 626 g/mol. The number of para-hydroxylation sites is 2. The van der Waals surface area contributed by atoms with Gasteiger partial charge in [-0.3, -0.25) is 10.1 Å². The van der Waals surface area contributed by atoms with E-state index in [-0.39, 0.29) is 40.9 Å². The van der Waals surface area contributed by atoms with Gasteiger partial charge in [-0.05, 0) is 45.7 Å². The zero-order valence-corrected chi connectivity index (χ0v) is 26.0. The van der Waals surface area contributed by atoms with E-state index in [1.54, 1.807) is 45.9 Å². The number of hydrogen-bond donors (Lipinski definition) is 1. The molecule has 4 aromatic rings. The number of ether oxygens (including phenoxy) is 2. The molecule has 14 heteroatoms. The second-order valence-corrected chi connectivity index (χ2v) is 12.8. The molecule has 0 aliphatic rings. The average molecular weight is 627 g/mol. The maximum atomic E-state index is 13.9. The molecule has 2 aromatic carbocycles. The van der Waals surface area contributed by atoms with Gasteiger partial charge in [-0.25, -0.2) is 27.0 Å². The summed E-state index contributed by atoms with van der Waals surface area (Å²) in [7, 11) is -4.51. The van der Waals surface area contributed by atoms with Crippen molar-refractivity contribution in [2.24, 2.45) is 5.92 Å². The summed E-state index contributed by atoms with van der Waals surface area (Å²) < 4.78 is 45.5. The van der Waals surface area contributed by atoms with Gasteiger partial charge in [-0.2, -0.15) is 0 Å². The molecule has 2 atom stereocenters. The lowest BCUT2D eigenvalue weighted by atomic mass is 9.99. The number of nitro benzene ring substituents is 1. The maximum absolute atomic E-state index is 13.9. The van der Waals surface area contributed by atoms with Gasteiger partial charge < -0.3 is 19.2 Å². The first-order valence-corrected chi connectivity index (χ1v) is 15.4. The van der Waals surface area contributed by atoms with Crippen molar-refractivity contribution in [3.8, 4) is 11.3 Å². The molecule has 2 aromatic heterocycles. The first-order valence-electron chi connectivity index (χ1n) is 14.0. The Bertz CT molecular complexity index is 1820. The molecule has 0 aliphatic heterocycles. The summed E-state index contributed by atoms with van der Waals surface area (Å²) in [5, 5.41) is 14.8. The largest absolute Gasteiger partial charge is 0.461 e. The molecule has 0 saturated carbocycles. The molecule has 0 saturated heterocycles. The molecule has 2 heterocycles. The van der Waals surface area contributed by atoms with E-state index < -0.39 is 49.2 Å². The topological polar surface area (TPSA) is 173 Å². The summed E-state index contributed by atoms with van der Waals surface area (Å²) in [6.45, 7) is 10.6. The number of esters is 1. The van der Waals surface area contributed by atoms with Gasteiger partial charge >= 0.3 is 12.1 Å². The van der Waals surface area contributed by atoms with E-state index in [0.717, 1.165) is 16.1 Å². The molecule has 0 spiro atoms. The van der Waals surface area contributed by atoms with Crippen LogP contribution in [0.5, 0.6) is 0 Å². The van der Waals surface area contributed by atoms with Crippen LogP contribution >= 0.6 is 0 Å². The third-order valence-electron chi connectivity index (χ3n) is 6.79. The standard InChI is InChI=1S/C30H34N4O9S/c1-7-18(3)24(32-29(36)43-30(4,5)6)27-31-25(28(35)41-8-2)26(42-27)20-17-33(21-14-10-9-13-19(20)21)44(39,40)23-16-12-11-15-22(23)34(37)38/h9-18,24H,7-8H2,1-6H3,(H,32,36)/t18-,24-/m0/s1. The van der Waals surface area contributed by atoms with Crippen molar-refractivity contribution in [3.63, 3.8) is 0 Å². The quantitative estimate of drug-likeness (QED) is 0.121. The van der Waals surface area contributed by atoms with Gasteiger partial charge in [0.2, 0.25) is 5.89 Å². The van der Waals surface area contributed by atoms with E-state index >= 15 is 0 Å². The molecule has 13 nitrogen and oxygen atoms in total. The van der Waals surface area contributed by atoms with Crippen LogP contribution in [0, 0.1) is 16.0 Å². The highest BCUT2D eigenvalue weighted by molar-refractivity contribution is 7.90. The zero-order chi connectivity index (χ0) is 32.4. The van der Waals surface area contributed by atoms with Crippen molar-refractivity contribution < 1.29 is 36.8 Å². The number of hydrogen-bond acceptors (Lipinski definition) is 10. The van der Waals surface area contributed by atoms with Crippen LogP contribution in [0.15, 0.2) is 64.0 Å². The predicted octanol–water partition coefficient (Wildman–Crippen LogP) is 6.23. The van der Waals surface area contributed by atoms with Crippen LogP contribution in [-0.4, -0.2) is 46.6 Å². The first kappa shape index (κ1) is 32.2. The molecule has 1 N–H and O–H groups in total. The lowest BCUT2D eigenvalue weighted by Gasteiger charge is -2.25. The van der Waals surface area contributed by atoms with Crippen LogP contribution in [0.4, 0.5) is 10.5 Å². The molecule has 0 bridgehead atoms. The highest BCUT2D eigenvalue weighted by Gasteiger charge is 2.34. The number of nitrogens with one attached hydrogen (secondary N) is 1. The van der Waals surface area contributed by atoms with E-state index in [4.69, 9.17) is 13.9 Å². The Morgan fingerprint density at radius 3 is 2.41 bits per heavy atom. The van der Waals surface area contributed by atoms with Crippen LogP contribution < -0.4 is 5.32 Å². The third-order valence-corrected chi connectivity index (χ3v) is 8.51. The minimum Gasteiger partial charge on any atom is -0.461 e. The molecular weight excluding hydrogens is 592 g/mol. The van der Waals surface area contributed by atoms with Gasteiger partial charge in [-0.15, -0.1) is 0 Å². The lowest BCUT2D eigenvalue weighted by molar-refractivity contribution is -0.387. The van der Waals surface area contributed by atoms with Gasteiger partial charge in [0.05, 0.1) is 17.0 Å². The van der Waals surface area contributed by atoms with Gasteiger partial charge in [-0.1, -0.05) is 50.6 Å². The number of oxazole rings is 1. The summed E-state index contributed by atoms with van der Waals surface area (Å²) in [5.74, 6) is -1.15. The van der Waals surface area contributed by atoms with Crippen LogP contribution in [-0.2, 0) is 19.5 Å². The molecule has 1 amide bonds. The summed E-state index contributed by atoms with van der Waals surface area (Å²) >= 11 is 0.